The molecule has 4 heteroatoms. The molecule has 112 valence electrons. The monoisotopic (exact) mass is 301 g/mol. The summed E-state index contributed by atoms with van der Waals surface area (Å²) in [7, 11) is 0. The minimum atomic E-state index is 0.712. The van der Waals surface area contributed by atoms with E-state index in [4.69, 9.17) is 0 Å². The lowest BCUT2D eigenvalue weighted by Crippen LogP contribution is -2.25. The van der Waals surface area contributed by atoms with E-state index in [9.17, 15) is 0 Å². The third kappa shape index (κ3) is 4.05. The van der Waals surface area contributed by atoms with Gasteiger partial charge in [0.15, 0.2) is 0 Å². The lowest BCUT2D eigenvalue weighted by atomic mass is 10.2. The molecule has 0 aliphatic heterocycles. The Morgan fingerprint density at radius 1 is 1.38 bits per heavy atom. The first-order chi connectivity index (χ1) is 10.4. The highest BCUT2D eigenvalue weighted by Crippen LogP contribution is 2.33. The van der Waals surface area contributed by atoms with Gasteiger partial charge < -0.3 is 10.2 Å². The van der Waals surface area contributed by atoms with Crippen LogP contribution in [0.4, 0.5) is 5.69 Å². The van der Waals surface area contributed by atoms with Crippen molar-refractivity contribution in [1.82, 2.24) is 10.3 Å². The van der Waals surface area contributed by atoms with Crippen LogP contribution >= 0.6 is 11.3 Å². The molecule has 0 unspecified atom stereocenters. The van der Waals surface area contributed by atoms with E-state index in [0.717, 1.165) is 31.7 Å². The van der Waals surface area contributed by atoms with Gasteiger partial charge >= 0.3 is 0 Å². The molecular weight excluding hydrogens is 278 g/mol. The molecule has 3 nitrogen and oxygen atoms in total. The molecule has 21 heavy (non-hydrogen) atoms. The van der Waals surface area contributed by atoms with Crippen molar-refractivity contribution in [3.8, 4) is 0 Å². The first-order valence-electron chi connectivity index (χ1n) is 7.80. The summed E-state index contributed by atoms with van der Waals surface area (Å²) in [4.78, 5) is 7.02. The van der Waals surface area contributed by atoms with Crippen LogP contribution in [0.5, 0.6) is 0 Å². The second kappa shape index (κ2) is 7.05. The summed E-state index contributed by atoms with van der Waals surface area (Å²) in [5.41, 5.74) is 3.86. The minimum Gasteiger partial charge on any atom is -0.364 e. The summed E-state index contributed by atoms with van der Waals surface area (Å²) in [6, 6.07) is 7.33. The van der Waals surface area contributed by atoms with Gasteiger partial charge in [0, 0.05) is 31.0 Å². The van der Waals surface area contributed by atoms with Crippen LogP contribution in [0.15, 0.2) is 35.2 Å². The predicted molar refractivity (Wildman–Crippen MR) is 89.8 cm³/mol. The van der Waals surface area contributed by atoms with Crippen LogP contribution in [0.3, 0.4) is 0 Å². The van der Waals surface area contributed by atoms with Gasteiger partial charge in [0.2, 0.25) is 0 Å². The zero-order valence-electron chi connectivity index (χ0n) is 12.6. The number of aromatic nitrogens is 1. The first kappa shape index (κ1) is 14.5. The Morgan fingerprint density at radius 3 is 3.00 bits per heavy atom. The standard InChI is InChI=1S/C17H23N3S/c1-2-7-18-11-15-10-17(5-8-19-15)20(16-3-4-16)12-14-6-9-21-13-14/h5-6,8-10,13,16,18H,2-4,7,11-12H2,1H3. The Kier molecular flexibility index (Phi) is 4.88. The van der Waals surface area contributed by atoms with Gasteiger partial charge in [-0.15, -0.1) is 0 Å². The number of pyridine rings is 1. The highest BCUT2D eigenvalue weighted by molar-refractivity contribution is 7.07. The fourth-order valence-corrected chi connectivity index (χ4v) is 3.19. The third-order valence-corrected chi connectivity index (χ3v) is 4.52. The molecule has 0 saturated heterocycles. The normalized spacial score (nSPS) is 14.3. The van der Waals surface area contributed by atoms with E-state index in [1.807, 2.05) is 6.20 Å². The molecule has 2 aromatic heterocycles. The summed E-state index contributed by atoms with van der Waals surface area (Å²) < 4.78 is 0. The van der Waals surface area contributed by atoms with Crippen molar-refractivity contribution in [2.24, 2.45) is 0 Å². The third-order valence-electron chi connectivity index (χ3n) is 3.79. The van der Waals surface area contributed by atoms with Crippen LogP contribution in [-0.4, -0.2) is 17.6 Å². The van der Waals surface area contributed by atoms with Crippen LogP contribution in [0.1, 0.15) is 37.4 Å². The van der Waals surface area contributed by atoms with Crippen molar-refractivity contribution in [2.45, 2.75) is 45.3 Å². The van der Waals surface area contributed by atoms with Crippen molar-refractivity contribution in [3.05, 3.63) is 46.4 Å². The summed E-state index contributed by atoms with van der Waals surface area (Å²) in [6.45, 7) is 5.11. The summed E-state index contributed by atoms with van der Waals surface area (Å²) in [5.74, 6) is 0. The van der Waals surface area contributed by atoms with Gasteiger partial charge in [-0.2, -0.15) is 11.3 Å². The molecule has 0 atom stereocenters. The van der Waals surface area contributed by atoms with Crippen molar-refractivity contribution in [1.29, 1.82) is 0 Å². The Labute approximate surface area is 131 Å². The Morgan fingerprint density at radius 2 is 2.29 bits per heavy atom. The Balaban J connectivity index is 1.71. The summed E-state index contributed by atoms with van der Waals surface area (Å²) in [6.07, 6.45) is 5.74. The number of nitrogens with zero attached hydrogens (tertiary/aromatic N) is 2. The molecule has 2 aromatic rings. The van der Waals surface area contributed by atoms with E-state index in [2.05, 4.69) is 51.1 Å². The van der Waals surface area contributed by atoms with Gasteiger partial charge in [0.25, 0.3) is 0 Å². The fourth-order valence-electron chi connectivity index (χ4n) is 2.53. The molecule has 0 amide bonds. The first-order valence-corrected chi connectivity index (χ1v) is 8.74. The number of rotatable bonds is 8. The molecule has 0 spiro atoms. The predicted octanol–water partition coefficient (Wildman–Crippen LogP) is 3.81. The Bertz CT molecular complexity index is 549. The van der Waals surface area contributed by atoms with E-state index in [1.165, 1.54) is 24.1 Å². The van der Waals surface area contributed by atoms with Crippen molar-refractivity contribution in [3.63, 3.8) is 0 Å². The maximum Gasteiger partial charge on any atom is 0.0562 e. The van der Waals surface area contributed by atoms with Gasteiger partial charge in [-0.05, 0) is 60.3 Å². The summed E-state index contributed by atoms with van der Waals surface area (Å²) >= 11 is 1.78. The topological polar surface area (TPSA) is 28.2 Å². The molecular formula is C17H23N3S. The van der Waals surface area contributed by atoms with Crippen LogP contribution in [-0.2, 0) is 13.1 Å². The van der Waals surface area contributed by atoms with E-state index >= 15 is 0 Å². The molecule has 1 aliphatic rings. The molecule has 0 radical (unpaired) electrons. The maximum atomic E-state index is 4.48. The number of anilines is 1. The van der Waals surface area contributed by atoms with Gasteiger partial charge in [-0.3, -0.25) is 4.98 Å². The van der Waals surface area contributed by atoms with Crippen LogP contribution in [0.2, 0.25) is 0 Å². The van der Waals surface area contributed by atoms with E-state index in [1.54, 1.807) is 11.3 Å². The highest BCUT2D eigenvalue weighted by Gasteiger charge is 2.29. The van der Waals surface area contributed by atoms with Crippen LogP contribution in [0, 0.1) is 0 Å². The number of hydrogen-bond donors (Lipinski definition) is 1. The quantitative estimate of drug-likeness (QED) is 0.751. The van der Waals surface area contributed by atoms with Gasteiger partial charge in [-0.25, -0.2) is 0 Å². The van der Waals surface area contributed by atoms with Crippen molar-refractivity contribution >= 4 is 17.0 Å². The van der Waals surface area contributed by atoms with Crippen LogP contribution in [0.25, 0.3) is 0 Å². The zero-order chi connectivity index (χ0) is 14.5. The zero-order valence-corrected chi connectivity index (χ0v) is 13.4. The van der Waals surface area contributed by atoms with Crippen molar-refractivity contribution < 1.29 is 0 Å². The number of thiophene rings is 1. The molecule has 2 heterocycles. The van der Waals surface area contributed by atoms with E-state index in [-0.39, 0.29) is 0 Å². The van der Waals surface area contributed by atoms with Gasteiger partial charge in [0.05, 0.1) is 5.69 Å². The number of hydrogen-bond acceptors (Lipinski definition) is 4. The second-order valence-electron chi connectivity index (χ2n) is 5.67. The van der Waals surface area contributed by atoms with E-state index in [0.29, 0.717) is 6.04 Å². The molecule has 3 rings (SSSR count). The van der Waals surface area contributed by atoms with E-state index < -0.39 is 0 Å². The smallest absolute Gasteiger partial charge is 0.0562 e. The molecule has 0 aromatic carbocycles. The summed E-state index contributed by atoms with van der Waals surface area (Å²) in [5, 5.41) is 7.84. The largest absolute Gasteiger partial charge is 0.364 e. The highest BCUT2D eigenvalue weighted by atomic mass is 32.1. The van der Waals surface area contributed by atoms with Crippen molar-refractivity contribution in [2.75, 3.05) is 11.4 Å². The van der Waals surface area contributed by atoms with Gasteiger partial charge in [0.1, 0.15) is 0 Å². The molecule has 1 saturated carbocycles. The van der Waals surface area contributed by atoms with Gasteiger partial charge in [-0.1, -0.05) is 6.92 Å². The van der Waals surface area contributed by atoms with Crippen LogP contribution < -0.4 is 10.2 Å². The lowest BCUT2D eigenvalue weighted by Gasteiger charge is -2.24. The number of nitrogens with one attached hydrogen (secondary N) is 1. The lowest BCUT2D eigenvalue weighted by molar-refractivity contribution is 0.663. The molecule has 1 N–H and O–H groups in total. The maximum absolute atomic E-state index is 4.48. The minimum absolute atomic E-state index is 0.712. The molecule has 1 aliphatic carbocycles. The average molecular weight is 301 g/mol. The average Bonchev–Trinajstić information content (AvgIpc) is 3.22. The Hall–Kier alpha value is -1.39. The fraction of sp³-hybridized carbons (Fsp3) is 0.471. The molecule has 0 bridgehead atoms. The molecule has 1 fully saturated rings. The second-order valence-corrected chi connectivity index (χ2v) is 6.45. The SMILES string of the molecule is CCCNCc1cc(N(Cc2ccsc2)C2CC2)ccn1.